The van der Waals surface area contributed by atoms with Crippen molar-refractivity contribution in [3.05, 3.63) is 83.4 Å². The summed E-state index contributed by atoms with van der Waals surface area (Å²) in [5.74, 6) is -0.231. The van der Waals surface area contributed by atoms with Crippen LogP contribution in [0.3, 0.4) is 0 Å². The predicted octanol–water partition coefficient (Wildman–Crippen LogP) is 3.88. The number of rotatable bonds is 4. The van der Waals surface area contributed by atoms with Crippen LogP contribution in [0.5, 0.6) is 0 Å². The molecule has 6 heteroatoms. The maximum Gasteiger partial charge on any atom is 0.255 e. The summed E-state index contributed by atoms with van der Waals surface area (Å²) >= 11 is 0. The van der Waals surface area contributed by atoms with Crippen molar-refractivity contribution in [2.75, 3.05) is 16.3 Å². The normalized spacial score (nSPS) is 12.2. The molecule has 1 amide bonds. The number of fused-ring (bicyclic) bond motifs is 3. The summed E-state index contributed by atoms with van der Waals surface area (Å²) in [7, 11) is -3.37. The lowest BCUT2D eigenvalue weighted by molar-refractivity contribution is 0.102. The van der Waals surface area contributed by atoms with Gasteiger partial charge in [0.05, 0.1) is 11.9 Å². The summed E-state index contributed by atoms with van der Waals surface area (Å²) in [6, 6.07) is 20.6. The highest BCUT2D eigenvalue weighted by molar-refractivity contribution is 7.92. The second kappa shape index (κ2) is 6.55. The lowest BCUT2D eigenvalue weighted by Crippen LogP contribution is -2.13. The highest BCUT2D eigenvalue weighted by Gasteiger charge is 2.19. The Balaban J connectivity index is 1.55. The first-order valence-electron chi connectivity index (χ1n) is 8.49. The predicted molar refractivity (Wildman–Crippen MR) is 108 cm³/mol. The highest BCUT2D eigenvalue weighted by atomic mass is 32.2. The molecule has 4 rings (SSSR count). The van der Waals surface area contributed by atoms with Crippen LogP contribution in [0.15, 0.2) is 66.7 Å². The van der Waals surface area contributed by atoms with Crippen LogP contribution < -0.4 is 10.0 Å². The molecule has 1 aliphatic carbocycles. The van der Waals surface area contributed by atoms with Gasteiger partial charge in [0.2, 0.25) is 10.0 Å². The van der Waals surface area contributed by atoms with Gasteiger partial charge in [0.1, 0.15) is 0 Å². The van der Waals surface area contributed by atoms with Crippen molar-refractivity contribution in [2.24, 2.45) is 0 Å². The van der Waals surface area contributed by atoms with Crippen molar-refractivity contribution in [3.63, 3.8) is 0 Å². The average molecular weight is 378 g/mol. The van der Waals surface area contributed by atoms with E-state index in [1.165, 1.54) is 16.7 Å². The summed E-state index contributed by atoms with van der Waals surface area (Å²) in [4.78, 5) is 12.6. The summed E-state index contributed by atoms with van der Waals surface area (Å²) in [6.45, 7) is 0. The van der Waals surface area contributed by atoms with E-state index in [0.29, 0.717) is 16.9 Å². The molecule has 0 heterocycles. The maximum atomic E-state index is 12.6. The van der Waals surface area contributed by atoms with Crippen LogP contribution in [0.25, 0.3) is 11.1 Å². The Morgan fingerprint density at radius 2 is 1.59 bits per heavy atom. The Kier molecular flexibility index (Phi) is 4.20. The summed E-state index contributed by atoms with van der Waals surface area (Å²) in [5, 5.41) is 2.82. The fourth-order valence-electron chi connectivity index (χ4n) is 3.36. The fourth-order valence-corrected chi connectivity index (χ4v) is 3.92. The van der Waals surface area contributed by atoms with Gasteiger partial charge < -0.3 is 5.32 Å². The van der Waals surface area contributed by atoms with Crippen LogP contribution in [0.1, 0.15) is 21.5 Å². The van der Waals surface area contributed by atoms with Gasteiger partial charge in [-0.05, 0) is 59.0 Å². The van der Waals surface area contributed by atoms with Crippen LogP contribution in [-0.4, -0.2) is 20.6 Å². The zero-order chi connectivity index (χ0) is 19.0. The van der Waals surface area contributed by atoms with Crippen molar-refractivity contribution in [1.82, 2.24) is 0 Å². The molecule has 0 saturated carbocycles. The third-order valence-corrected chi connectivity index (χ3v) is 5.09. The number of nitrogens with one attached hydrogen (secondary N) is 2. The summed E-state index contributed by atoms with van der Waals surface area (Å²) in [6.07, 6.45) is 1.90. The van der Waals surface area contributed by atoms with Crippen molar-refractivity contribution >= 4 is 27.3 Å². The Hall–Kier alpha value is -3.12. The molecule has 0 aromatic heterocycles. The fraction of sp³-hybridized carbons (Fsp3) is 0.0952. The van der Waals surface area contributed by atoms with Crippen LogP contribution in [0.2, 0.25) is 0 Å². The van der Waals surface area contributed by atoms with E-state index in [9.17, 15) is 13.2 Å². The zero-order valence-corrected chi connectivity index (χ0v) is 15.5. The number of carbonyl (C=O) groups is 1. The molecule has 1 aliphatic rings. The number of sulfonamides is 1. The van der Waals surface area contributed by atoms with Gasteiger partial charge in [0.25, 0.3) is 5.91 Å². The van der Waals surface area contributed by atoms with E-state index in [4.69, 9.17) is 0 Å². The number of amides is 1. The molecule has 2 N–H and O–H groups in total. The smallest absolute Gasteiger partial charge is 0.255 e. The lowest BCUT2D eigenvalue weighted by Gasteiger charge is -2.09. The molecule has 0 radical (unpaired) electrons. The van der Waals surface area contributed by atoms with Gasteiger partial charge in [-0.25, -0.2) is 8.42 Å². The molecule has 0 fully saturated rings. The number of anilines is 2. The molecule has 27 heavy (non-hydrogen) atoms. The molecular formula is C21H18N2O3S. The molecule has 3 aromatic carbocycles. The minimum absolute atomic E-state index is 0.231. The molecule has 136 valence electrons. The minimum atomic E-state index is -3.37. The van der Waals surface area contributed by atoms with Crippen LogP contribution >= 0.6 is 0 Å². The van der Waals surface area contributed by atoms with Crippen LogP contribution in [0.4, 0.5) is 11.4 Å². The molecular weight excluding hydrogens is 360 g/mol. The minimum Gasteiger partial charge on any atom is -0.322 e. The first kappa shape index (κ1) is 17.3. The molecule has 0 aliphatic heterocycles. The molecule has 0 saturated heterocycles. The van der Waals surface area contributed by atoms with Crippen molar-refractivity contribution in [2.45, 2.75) is 6.42 Å². The monoisotopic (exact) mass is 378 g/mol. The van der Waals surface area contributed by atoms with E-state index < -0.39 is 10.0 Å². The SMILES string of the molecule is CS(=O)(=O)Nc1cccc(NC(=O)c2ccc3c(c2)Cc2ccccc2-3)c1. The largest absolute Gasteiger partial charge is 0.322 e. The van der Waals surface area contributed by atoms with Crippen LogP contribution in [0, 0.1) is 0 Å². The van der Waals surface area contributed by atoms with E-state index in [2.05, 4.69) is 22.2 Å². The Morgan fingerprint density at radius 3 is 2.41 bits per heavy atom. The van der Waals surface area contributed by atoms with E-state index in [0.717, 1.165) is 18.2 Å². The van der Waals surface area contributed by atoms with Gasteiger partial charge in [-0.1, -0.05) is 36.4 Å². The van der Waals surface area contributed by atoms with Crippen molar-refractivity contribution in [3.8, 4) is 11.1 Å². The number of benzene rings is 3. The van der Waals surface area contributed by atoms with Crippen molar-refractivity contribution in [1.29, 1.82) is 0 Å². The van der Waals surface area contributed by atoms with Gasteiger partial charge in [-0.3, -0.25) is 9.52 Å². The van der Waals surface area contributed by atoms with Crippen LogP contribution in [-0.2, 0) is 16.4 Å². The Labute approximate surface area is 158 Å². The topological polar surface area (TPSA) is 75.3 Å². The third kappa shape index (κ3) is 3.71. The van der Waals surface area contributed by atoms with Gasteiger partial charge in [-0.2, -0.15) is 0 Å². The standard InChI is InChI=1S/C21H18N2O3S/c1-27(25,26)23-18-7-4-6-17(13-18)22-21(24)15-9-10-20-16(12-15)11-14-5-2-3-8-19(14)20/h2-10,12-13,23H,11H2,1H3,(H,22,24). The second-order valence-electron chi connectivity index (χ2n) is 6.62. The van der Waals surface area contributed by atoms with Gasteiger partial charge in [-0.15, -0.1) is 0 Å². The zero-order valence-electron chi connectivity index (χ0n) is 14.7. The number of hydrogen-bond donors (Lipinski definition) is 2. The second-order valence-corrected chi connectivity index (χ2v) is 8.36. The van der Waals surface area contributed by atoms with Crippen molar-refractivity contribution < 1.29 is 13.2 Å². The van der Waals surface area contributed by atoms with Gasteiger partial charge >= 0.3 is 0 Å². The maximum absolute atomic E-state index is 12.6. The number of hydrogen-bond acceptors (Lipinski definition) is 3. The molecule has 0 atom stereocenters. The van der Waals surface area contributed by atoms with E-state index in [1.54, 1.807) is 24.3 Å². The van der Waals surface area contributed by atoms with E-state index in [-0.39, 0.29) is 5.91 Å². The Morgan fingerprint density at radius 1 is 0.852 bits per heavy atom. The molecule has 3 aromatic rings. The lowest BCUT2D eigenvalue weighted by atomic mass is 10.0. The molecule has 0 spiro atoms. The summed E-state index contributed by atoms with van der Waals surface area (Å²) < 4.78 is 25.1. The van der Waals surface area contributed by atoms with E-state index in [1.807, 2.05) is 30.3 Å². The number of carbonyl (C=O) groups excluding carboxylic acids is 1. The summed E-state index contributed by atoms with van der Waals surface area (Å²) in [5.41, 5.74) is 6.29. The average Bonchev–Trinajstić information content (AvgIpc) is 2.98. The Bertz CT molecular complexity index is 1150. The molecule has 0 unspecified atom stereocenters. The first-order chi connectivity index (χ1) is 12.9. The third-order valence-electron chi connectivity index (χ3n) is 4.48. The van der Waals surface area contributed by atoms with E-state index >= 15 is 0 Å². The quantitative estimate of drug-likeness (QED) is 0.566. The molecule has 5 nitrogen and oxygen atoms in total. The molecule has 0 bridgehead atoms. The van der Waals surface area contributed by atoms with Gasteiger partial charge in [0, 0.05) is 11.3 Å². The highest BCUT2D eigenvalue weighted by Crippen LogP contribution is 2.36. The first-order valence-corrected chi connectivity index (χ1v) is 10.4. The van der Waals surface area contributed by atoms with Gasteiger partial charge in [0.15, 0.2) is 0 Å².